The molecule has 1 aromatic heterocycles. The van der Waals surface area contributed by atoms with Gasteiger partial charge in [0.15, 0.2) is 5.78 Å². The Bertz CT molecular complexity index is 1100. The maximum Gasteiger partial charge on any atom is 0.232 e. The van der Waals surface area contributed by atoms with Crippen LogP contribution in [0.5, 0.6) is 5.88 Å². The van der Waals surface area contributed by atoms with Gasteiger partial charge in [-0.25, -0.2) is 23.3 Å². The monoisotopic (exact) mass is 447 g/mol. The highest BCUT2D eigenvalue weighted by Gasteiger charge is 2.17. The van der Waals surface area contributed by atoms with E-state index in [9.17, 15) is 13.4 Å². The average Bonchev–Trinajstić information content (AvgIpc) is 2.77. The molecule has 8 nitrogen and oxygen atoms in total. The zero-order valence-electron chi connectivity index (χ0n) is 16.8. The Labute approximate surface area is 181 Å². The van der Waals surface area contributed by atoms with E-state index in [-0.39, 0.29) is 17.7 Å². The molecule has 0 fully saturated rings. The number of ketones is 1. The summed E-state index contributed by atoms with van der Waals surface area (Å²) >= 11 is -2.11. The lowest BCUT2D eigenvalue weighted by Gasteiger charge is -2.09. The summed E-state index contributed by atoms with van der Waals surface area (Å²) in [6.45, 7) is 0.970. The Morgan fingerprint density at radius 3 is 2.84 bits per heavy atom. The number of methoxy groups -OCH3 is 1. The minimum absolute atomic E-state index is 0.0454. The maximum atomic E-state index is 14.9. The average molecular weight is 447 g/mol. The van der Waals surface area contributed by atoms with E-state index in [2.05, 4.69) is 14.7 Å². The smallest absolute Gasteiger partial charge is 0.232 e. The summed E-state index contributed by atoms with van der Waals surface area (Å²) in [6.07, 6.45) is 2.25. The summed E-state index contributed by atoms with van der Waals surface area (Å²) in [6, 6.07) is 9.43. The van der Waals surface area contributed by atoms with E-state index < -0.39 is 22.9 Å². The highest BCUT2D eigenvalue weighted by atomic mass is 32.2. The zero-order chi connectivity index (χ0) is 22.2. The molecular formula is C21H22FN3O5S. The van der Waals surface area contributed by atoms with Crippen molar-refractivity contribution in [2.45, 2.75) is 12.8 Å². The van der Waals surface area contributed by atoms with Crippen molar-refractivity contribution in [2.24, 2.45) is 0 Å². The predicted molar refractivity (Wildman–Crippen MR) is 114 cm³/mol. The number of nitrogens with one attached hydrogen (secondary N) is 1. The van der Waals surface area contributed by atoms with Crippen LogP contribution in [0.1, 0.15) is 27.9 Å². The minimum atomic E-state index is -2.11. The van der Waals surface area contributed by atoms with Gasteiger partial charge in [-0.3, -0.25) is 9.35 Å². The van der Waals surface area contributed by atoms with Crippen molar-refractivity contribution in [3.63, 3.8) is 0 Å². The molecule has 3 rings (SSSR count). The first-order valence-electron chi connectivity index (χ1n) is 9.54. The molecule has 0 spiro atoms. The lowest BCUT2D eigenvalue weighted by atomic mass is 9.98. The summed E-state index contributed by atoms with van der Waals surface area (Å²) in [5, 5.41) is 0. The molecule has 0 bridgehead atoms. The third kappa shape index (κ3) is 6.11. The fourth-order valence-corrected chi connectivity index (χ4v) is 3.30. The van der Waals surface area contributed by atoms with E-state index in [1.807, 2.05) is 0 Å². The van der Waals surface area contributed by atoms with Crippen LogP contribution in [0, 0.1) is 5.82 Å². The number of aryl methyl sites for hydroxylation is 1. The lowest BCUT2D eigenvalue weighted by Crippen LogP contribution is -2.18. The number of halogens is 1. The van der Waals surface area contributed by atoms with E-state index in [1.54, 1.807) is 37.4 Å². The number of ether oxygens (including phenoxy) is 2. The third-order valence-corrected chi connectivity index (χ3v) is 4.94. The SMILES string of the molecule is COCCOc1cnc2ccc(C(=O)c3cccc(CCCNS(=O)O)c3F)cc2n1. The molecule has 0 saturated heterocycles. The lowest BCUT2D eigenvalue weighted by molar-refractivity contribution is 0.103. The Kier molecular flexibility index (Phi) is 8.13. The number of hydrogen-bond acceptors (Lipinski definition) is 6. The first kappa shape index (κ1) is 22.9. The molecule has 0 aliphatic heterocycles. The first-order valence-corrected chi connectivity index (χ1v) is 10.6. The first-order chi connectivity index (χ1) is 15.0. The number of aromatic nitrogens is 2. The molecule has 1 unspecified atom stereocenters. The molecule has 164 valence electrons. The number of fused-ring (bicyclic) bond motifs is 1. The van der Waals surface area contributed by atoms with Crippen LogP contribution in [0.2, 0.25) is 0 Å². The zero-order valence-corrected chi connectivity index (χ0v) is 17.7. The van der Waals surface area contributed by atoms with Crippen LogP contribution in [0.3, 0.4) is 0 Å². The Hall–Kier alpha value is -2.79. The van der Waals surface area contributed by atoms with Gasteiger partial charge in [-0.2, -0.15) is 0 Å². The molecule has 0 saturated carbocycles. The molecule has 0 aliphatic rings. The van der Waals surface area contributed by atoms with Gasteiger partial charge in [0.05, 0.1) is 29.4 Å². The maximum absolute atomic E-state index is 14.9. The van der Waals surface area contributed by atoms with E-state index >= 15 is 0 Å². The predicted octanol–water partition coefficient (Wildman–Crippen LogP) is 2.68. The molecule has 0 radical (unpaired) electrons. The summed E-state index contributed by atoms with van der Waals surface area (Å²) in [5.41, 5.74) is 1.64. The van der Waals surface area contributed by atoms with E-state index in [4.69, 9.17) is 14.0 Å². The van der Waals surface area contributed by atoms with E-state index in [1.165, 1.54) is 12.3 Å². The molecule has 31 heavy (non-hydrogen) atoms. The summed E-state index contributed by atoms with van der Waals surface area (Å²) < 4.78 is 47.0. The fourth-order valence-electron chi connectivity index (χ4n) is 2.98. The largest absolute Gasteiger partial charge is 0.474 e. The van der Waals surface area contributed by atoms with Gasteiger partial charge >= 0.3 is 0 Å². The van der Waals surface area contributed by atoms with Crippen molar-refractivity contribution in [1.29, 1.82) is 0 Å². The van der Waals surface area contributed by atoms with Gasteiger partial charge in [0.1, 0.15) is 12.4 Å². The fraction of sp³-hybridized carbons (Fsp3) is 0.286. The van der Waals surface area contributed by atoms with Crippen molar-refractivity contribution in [1.82, 2.24) is 14.7 Å². The number of carbonyl (C=O) groups is 1. The topological polar surface area (TPSA) is 111 Å². The molecule has 3 aromatic rings. The molecule has 0 aliphatic carbocycles. The van der Waals surface area contributed by atoms with Gasteiger partial charge in [-0.05, 0) is 42.7 Å². The molecule has 0 amide bonds. The molecule has 1 atom stereocenters. The number of rotatable bonds is 11. The molecule has 10 heteroatoms. The van der Waals surface area contributed by atoms with Crippen LogP contribution < -0.4 is 9.46 Å². The molecular weight excluding hydrogens is 425 g/mol. The van der Waals surface area contributed by atoms with Gasteiger partial charge < -0.3 is 9.47 Å². The van der Waals surface area contributed by atoms with Crippen molar-refractivity contribution in [3.05, 3.63) is 65.1 Å². The van der Waals surface area contributed by atoms with Crippen molar-refractivity contribution < 1.29 is 27.4 Å². The van der Waals surface area contributed by atoms with E-state index in [0.717, 1.165) is 0 Å². The van der Waals surface area contributed by atoms with Gasteiger partial charge in [-0.1, -0.05) is 12.1 Å². The second kappa shape index (κ2) is 11.0. The molecule has 2 N–H and O–H groups in total. The van der Waals surface area contributed by atoms with Crippen molar-refractivity contribution >= 4 is 28.1 Å². The minimum Gasteiger partial charge on any atom is -0.474 e. The Morgan fingerprint density at radius 2 is 2.06 bits per heavy atom. The third-order valence-electron chi connectivity index (χ3n) is 4.49. The Morgan fingerprint density at radius 1 is 1.23 bits per heavy atom. The van der Waals surface area contributed by atoms with Gasteiger partial charge in [-0.15, -0.1) is 0 Å². The van der Waals surface area contributed by atoms with Crippen LogP contribution >= 0.6 is 0 Å². The standard InChI is InChI=1S/C21H22FN3O5S/c1-29-10-11-30-19-13-23-17-8-7-15(12-18(17)25-19)21(26)16-6-2-4-14(20(16)22)5-3-9-24-31(27)28/h2,4,6-8,12-13,24H,3,5,9-11H2,1H3,(H,27,28). The van der Waals surface area contributed by atoms with Crippen LogP contribution in [-0.4, -0.2) is 51.4 Å². The molecule has 1 heterocycles. The number of nitrogens with zero attached hydrogens (tertiary/aromatic N) is 2. The van der Waals surface area contributed by atoms with Gasteiger partial charge in [0, 0.05) is 19.2 Å². The number of hydrogen-bond donors (Lipinski definition) is 2. The highest BCUT2D eigenvalue weighted by Crippen LogP contribution is 2.21. The quantitative estimate of drug-likeness (QED) is 0.264. The highest BCUT2D eigenvalue weighted by molar-refractivity contribution is 7.77. The van der Waals surface area contributed by atoms with Crippen LogP contribution in [0.25, 0.3) is 11.0 Å². The second-order valence-corrected chi connectivity index (χ2v) is 7.39. The summed E-state index contributed by atoms with van der Waals surface area (Å²) in [5.74, 6) is -0.761. The van der Waals surface area contributed by atoms with Crippen LogP contribution in [0.15, 0.2) is 42.6 Å². The van der Waals surface area contributed by atoms with Crippen molar-refractivity contribution in [2.75, 3.05) is 26.9 Å². The Balaban J connectivity index is 1.79. The normalized spacial score (nSPS) is 12.1. The number of benzene rings is 2. The second-order valence-electron chi connectivity index (χ2n) is 6.61. The summed E-state index contributed by atoms with van der Waals surface area (Å²) in [4.78, 5) is 21.6. The van der Waals surface area contributed by atoms with E-state index in [0.29, 0.717) is 48.5 Å². The molecule has 2 aromatic carbocycles. The van der Waals surface area contributed by atoms with Gasteiger partial charge in [0.25, 0.3) is 0 Å². The van der Waals surface area contributed by atoms with Crippen LogP contribution in [0.4, 0.5) is 4.39 Å². The van der Waals surface area contributed by atoms with Gasteiger partial charge in [0.2, 0.25) is 17.1 Å². The van der Waals surface area contributed by atoms with Crippen LogP contribution in [-0.2, 0) is 22.4 Å². The summed E-state index contributed by atoms with van der Waals surface area (Å²) in [7, 11) is 1.57. The van der Waals surface area contributed by atoms with Crippen molar-refractivity contribution in [3.8, 4) is 5.88 Å². The number of carbonyl (C=O) groups excluding carboxylic acids is 1.